The Hall–Kier alpha value is -4.01. The largest absolute Gasteiger partial charge is 0.450 e. The number of Topliss-reactive ketones (excluding diaryl/α,β-unsaturated/α-hetero) is 1. The van der Waals surface area contributed by atoms with Crippen LogP contribution in [0.5, 0.6) is 0 Å². The molecule has 4 amide bonds. The summed E-state index contributed by atoms with van der Waals surface area (Å²) in [5, 5.41) is 2.72. The topological polar surface area (TPSA) is 113 Å². The summed E-state index contributed by atoms with van der Waals surface area (Å²) in [6, 6.07) is 10.7. The first-order valence-corrected chi connectivity index (χ1v) is 11.2. The van der Waals surface area contributed by atoms with Gasteiger partial charge < -0.3 is 15.0 Å². The van der Waals surface area contributed by atoms with E-state index in [0.29, 0.717) is 37.2 Å². The van der Waals surface area contributed by atoms with Gasteiger partial charge in [-0.3, -0.25) is 24.1 Å². The van der Waals surface area contributed by atoms with E-state index in [0.717, 1.165) is 0 Å². The van der Waals surface area contributed by atoms with E-state index in [4.69, 9.17) is 4.74 Å². The first-order chi connectivity index (χ1) is 16.3. The van der Waals surface area contributed by atoms with Crippen molar-refractivity contribution in [1.29, 1.82) is 0 Å². The van der Waals surface area contributed by atoms with Crippen LogP contribution in [-0.2, 0) is 4.74 Å². The van der Waals surface area contributed by atoms with Crippen LogP contribution in [0.3, 0.4) is 0 Å². The average Bonchev–Trinajstić information content (AvgIpc) is 3.08. The van der Waals surface area contributed by atoms with Crippen molar-refractivity contribution < 1.29 is 28.7 Å². The Morgan fingerprint density at radius 2 is 1.68 bits per heavy atom. The fourth-order valence-corrected chi connectivity index (χ4v) is 4.27. The van der Waals surface area contributed by atoms with E-state index >= 15 is 0 Å². The second kappa shape index (κ2) is 9.46. The molecule has 4 rings (SSSR count). The number of carbonyl (C=O) groups is 5. The van der Waals surface area contributed by atoms with Gasteiger partial charge in [0.25, 0.3) is 17.7 Å². The summed E-state index contributed by atoms with van der Waals surface area (Å²) in [5.41, 5.74) is 1.59. The SMILES string of the molecule is CCOC(=O)N1CCC(N2C(=O)c3ccc(C(=O)Nc4cccc(C(C)=O)c4)cc3C2=O)CC1. The van der Waals surface area contributed by atoms with Gasteiger partial charge in [0, 0.05) is 35.9 Å². The quantitative estimate of drug-likeness (QED) is 0.537. The minimum atomic E-state index is -0.454. The number of fused-ring (bicyclic) bond motifs is 1. The Bertz CT molecular complexity index is 1180. The molecule has 2 aliphatic heterocycles. The molecule has 176 valence electrons. The predicted molar refractivity (Wildman–Crippen MR) is 123 cm³/mol. The Morgan fingerprint density at radius 3 is 2.35 bits per heavy atom. The van der Waals surface area contributed by atoms with Crippen molar-refractivity contribution in [1.82, 2.24) is 9.80 Å². The maximum absolute atomic E-state index is 13.1. The number of ketones is 1. The normalized spacial score (nSPS) is 15.8. The molecule has 1 N–H and O–H groups in total. The summed E-state index contributed by atoms with van der Waals surface area (Å²) < 4.78 is 5.02. The van der Waals surface area contributed by atoms with E-state index in [9.17, 15) is 24.0 Å². The lowest BCUT2D eigenvalue weighted by Crippen LogP contribution is -2.48. The Kier molecular flexibility index (Phi) is 6.45. The van der Waals surface area contributed by atoms with Crippen molar-refractivity contribution in [2.75, 3.05) is 25.0 Å². The molecular weight excluding hydrogens is 438 g/mol. The molecule has 2 aromatic rings. The number of rotatable bonds is 5. The lowest BCUT2D eigenvalue weighted by molar-refractivity contribution is 0.0484. The smallest absolute Gasteiger partial charge is 0.409 e. The minimum Gasteiger partial charge on any atom is -0.450 e. The number of benzene rings is 2. The lowest BCUT2D eigenvalue weighted by atomic mass is 10.0. The number of piperidine rings is 1. The van der Waals surface area contributed by atoms with Gasteiger partial charge in [0.05, 0.1) is 17.7 Å². The van der Waals surface area contributed by atoms with Gasteiger partial charge >= 0.3 is 6.09 Å². The molecule has 0 aliphatic carbocycles. The van der Waals surface area contributed by atoms with Gasteiger partial charge in [-0.2, -0.15) is 0 Å². The molecule has 1 fully saturated rings. The van der Waals surface area contributed by atoms with Crippen molar-refractivity contribution in [3.05, 3.63) is 64.7 Å². The fourth-order valence-electron chi connectivity index (χ4n) is 4.27. The van der Waals surface area contributed by atoms with Crippen LogP contribution < -0.4 is 5.32 Å². The number of hydrogen-bond acceptors (Lipinski definition) is 6. The van der Waals surface area contributed by atoms with Crippen LogP contribution in [0.1, 0.15) is 68.1 Å². The van der Waals surface area contributed by atoms with Gasteiger partial charge in [0.2, 0.25) is 0 Å². The van der Waals surface area contributed by atoms with Gasteiger partial charge in [-0.25, -0.2) is 4.79 Å². The number of likely N-dealkylation sites (tertiary alicyclic amines) is 1. The van der Waals surface area contributed by atoms with Gasteiger partial charge in [0.1, 0.15) is 0 Å². The number of imide groups is 1. The van der Waals surface area contributed by atoms with Crippen LogP contribution in [0.2, 0.25) is 0 Å². The third kappa shape index (κ3) is 4.41. The molecule has 2 aromatic carbocycles. The summed E-state index contributed by atoms with van der Waals surface area (Å²) in [4.78, 5) is 65.1. The van der Waals surface area contributed by atoms with Crippen LogP contribution in [0.4, 0.5) is 10.5 Å². The molecule has 0 radical (unpaired) electrons. The van der Waals surface area contributed by atoms with Crippen molar-refractivity contribution >= 4 is 35.3 Å². The molecule has 0 unspecified atom stereocenters. The predicted octanol–water partition coefficient (Wildman–Crippen LogP) is 3.36. The third-order valence-corrected chi connectivity index (χ3v) is 6.06. The number of hydrogen-bond donors (Lipinski definition) is 1. The van der Waals surface area contributed by atoms with E-state index in [1.54, 1.807) is 36.1 Å². The minimum absolute atomic E-state index is 0.120. The highest BCUT2D eigenvalue weighted by Crippen LogP contribution is 2.30. The van der Waals surface area contributed by atoms with E-state index in [-0.39, 0.29) is 35.1 Å². The highest BCUT2D eigenvalue weighted by atomic mass is 16.6. The van der Waals surface area contributed by atoms with Crippen molar-refractivity contribution in [2.24, 2.45) is 0 Å². The molecule has 9 nitrogen and oxygen atoms in total. The molecule has 0 saturated carbocycles. The highest BCUT2D eigenvalue weighted by Gasteiger charge is 2.41. The number of anilines is 1. The van der Waals surface area contributed by atoms with Gasteiger partial charge in [-0.15, -0.1) is 0 Å². The molecular formula is C25H25N3O6. The third-order valence-electron chi connectivity index (χ3n) is 6.06. The lowest BCUT2D eigenvalue weighted by Gasteiger charge is -2.35. The molecule has 1 saturated heterocycles. The summed E-state index contributed by atoms with van der Waals surface area (Å²) >= 11 is 0. The van der Waals surface area contributed by atoms with Gasteiger partial charge in [-0.1, -0.05) is 12.1 Å². The van der Waals surface area contributed by atoms with Crippen LogP contribution >= 0.6 is 0 Å². The Balaban J connectivity index is 1.47. The standard InChI is InChI=1S/C25H25N3O6/c1-3-34-25(33)27-11-9-19(10-12-27)28-23(31)20-8-7-17(14-21(20)24(28)32)22(30)26-18-6-4-5-16(13-18)15(2)29/h4-8,13-14,19H,3,9-12H2,1-2H3,(H,26,30). The first kappa shape index (κ1) is 23.2. The zero-order valence-electron chi connectivity index (χ0n) is 19.0. The summed E-state index contributed by atoms with van der Waals surface area (Å²) in [6.45, 7) is 4.25. The zero-order chi connectivity index (χ0) is 24.4. The second-order valence-electron chi connectivity index (χ2n) is 8.25. The van der Waals surface area contributed by atoms with Crippen molar-refractivity contribution in [3.63, 3.8) is 0 Å². The molecule has 0 atom stereocenters. The fraction of sp³-hybridized carbons (Fsp3) is 0.320. The van der Waals surface area contributed by atoms with Gasteiger partial charge in [0.15, 0.2) is 5.78 Å². The maximum Gasteiger partial charge on any atom is 0.409 e. The van der Waals surface area contributed by atoms with Crippen LogP contribution in [0.25, 0.3) is 0 Å². The van der Waals surface area contributed by atoms with Crippen molar-refractivity contribution in [3.8, 4) is 0 Å². The van der Waals surface area contributed by atoms with E-state index in [1.807, 2.05) is 0 Å². The van der Waals surface area contributed by atoms with Crippen LogP contribution in [0, 0.1) is 0 Å². The second-order valence-corrected chi connectivity index (χ2v) is 8.25. The number of nitrogens with one attached hydrogen (secondary N) is 1. The molecule has 0 bridgehead atoms. The van der Waals surface area contributed by atoms with Crippen LogP contribution in [-0.4, -0.2) is 65.1 Å². The average molecular weight is 463 g/mol. The van der Waals surface area contributed by atoms with E-state index < -0.39 is 23.8 Å². The Labute approximate surface area is 196 Å². The van der Waals surface area contributed by atoms with E-state index in [2.05, 4.69) is 5.32 Å². The molecule has 2 aliphatic rings. The number of carbonyl (C=O) groups excluding carboxylic acids is 5. The maximum atomic E-state index is 13.1. The van der Waals surface area contributed by atoms with E-state index in [1.165, 1.54) is 30.0 Å². The van der Waals surface area contributed by atoms with Gasteiger partial charge in [-0.05, 0) is 57.0 Å². The monoisotopic (exact) mass is 463 g/mol. The number of amides is 4. The Morgan fingerprint density at radius 1 is 0.971 bits per heavy atom. The molecule has 2 heterocycles. The zero-order valence-corrected chi connectivity index (χ0v) is 19.0. The number of ether oxygens (including phenoxy) is 1. The first-order valence-electron chi connectivity index (χ1n) is 11.2. The molecule has 34 heavy (non-hydrogen) atoms. The molecule has 0 spiro atoms. The molecule has 0 aromatic heterocycles. The number of nitrogens with zero attached hydrogens (tertiary/aromatic N) is 2. The summed E-state index contributed by atoms with van der Waals surface area (Å²) in [5.74, 6) is -1.41. The van der Waals surface area contributed by atoms with Crippen LogP contribution in [0.15, 0.2) is 42.5 Å². The molecule has 9 heteroatoms. The summed E-state index contributed by atoms with van der Waals surface area (Å²) in [6.07, 6.45) is 0.529. The van der Waals surface area contributed by atoms with Crippen molar-refractivity contribution in [2.45, 2.75) is 32.7 Å². The highest BCUT2D eigenvalue weighted by molar-refractivity contribution is 6.22. The summed E-state index contributed by atoms with van der Waals surface area (Å²) in [7, 11) is 0.